The minimum absolute atomic E-state index is 0.0396. The zero-order chi connectivity index (χ0) is 22.1. The molecule has 31 heavy (non-hydrogen) atoms. The van der Waals surface area contributed by atoms with Gasteiger partial charge in [-0.25, -0.2) is 19.3 Å². The molecule has 1 unspecified atom stereocenters. The van der Waals surface area contributed by atoms with Gasteiger partial charge in [0.05, 0.1) is 28.0 Å². The molecule has 6 N–H and O–H groups in total. The van der Waals surface area contributed by atoms with Crippen LogP contribution in [0.5, 0.6) is 0 Å². The molecule has 1 aromatic carbocycles. The van der Waals surface area contributed by atoms with E-state index in [1.807, 2.05) is 19.9 Å². The van der Waals surface area contributed by atoms with E-state index in [1.165, 1.54) is 0 Å². The minimum Gasteiger partial charge on any atom is -0.365 e. The van der Waals surface area contributed by atoms with Gasteiger partial charge in [0, 0.05) is 17.8 Å². The van der Waals surface area contributed by atoms with Crippen LogP contribution in [0.25, 0.3) is 11.0 Å². The van der Waals surface area contributed by atoms with Crippen molar-refractivity contribution in [1.29, 1.82) is 0 Å². The quantitative estimate of drug-likeness (QED) is 0.495. The van der Waals surface area contributed by atoms with E-state index in [4.69, 9.17) is 11.5 Å². The maximum atomic E-state index is 14.7. The van der Waals surface area contributed by atoms with E-state index in [0.29, 0.717) is 11.2 Å². The first kappa shape index (κ1) is 20.9. The number of hydrogen-bond donors (Lipinski definition) is 4. The average molecular weight is 423 g/mol. The smallest absolute Gasteiger partial charge is 0.252 e. The molecule has 2 aromatic heterocycles. The number of nitrogens with two attached hydrogens (primary N) is 2. The van der Waals surface area contributed by atoms with Crippen molar-refractivity contribution in [1.82, 2.24) is 15.0 Å². The zero-order valence-corrected chi connectivity index (χ0v) is 17.6. The molecule has 0 spiro atoms. The fourth-order valence-corrected chi connectivity index (χ4v) is 3.83. The second kappa shape index (κ2) is 8.43. The summed E-state index contributed by atoms with van der Waals surface area (Å²) >= 11 is 0. The third-order valence-electron chi connectivity index (χ3n) is 5.72. The Kier molecular flexibility index (Phi) is 5.69. The lowest BCUT2D eigenvalue weighted by molar-refractivity contribution is 0.100. The molecular weight excluding hydrogens is 397 g/mol. The van der Waals surface area contributed by atoms with E-state index < -0.39 is 11.7 Å². The molecule has 0 saturated heterocycles. The number of aromatic nitrogens is 3. The summed E-state index contributed by atoms with van der Waals surface area (Å²) in [6, 6.07) is 6.37. The standard InChI is InChI=1S/C22H26FN7O/c1-11-12(2)27-19-9-13(7-8-18(19)26-11)28-21-14(20(25)31)10-15(23)22(30-21)29-17-6-4-3-5-16(17)24/h7-10,16-17H,3-6,24H2,1-2H3,(H2,25,31)(H2,28,29,30)/t16-,17?/m0/s1. The summed E-state index contributed by atoms with van der Waals surface area (Å²) in [6.07, 6.45) is 3.80. The molecule has 4 rings (SSSR count). The number of carbonyl (C=O) groups is 1. The number of rotatable bonds is 5. The largest absolute Gasteiger partial charge is 0.365 e. The molecule has 1 fully saturated rings. The third-order valence-corrected chi connectivity index (χ3v) is 5.72. The van der Waals surface area contributed by atoms with E-state index in [1.54, 1.807) is 12.1 Å². The van der Waals surface area contributed by atoms with Gasteiger partial charge in [-0.05, 0) is 51.0 Å². The van der Waals surface area contributed by atoms with E-state index in [-0.39, 0.29) is 29.3 Å². The summed E-state index contributed by atoms with van der Waals surface area (Å²) < 4.78 is 14.7. The van der Waals surface area contributed by atoms with Gasteiger partial charge in [-0.1, -0.05) is 12.8 Å². The zero-order valence-electron chi connectivity index (χ0n) is 17.6. The predicted octanol–water partition coefficient (Wildman–Crippen LogP) is 3.31. The molecule has 1 saturated carbocycles. The van der Waals surface area contributed by atoms with Crippen LogP contribution in [0.3, 0.4) is 0 Å². The SMILES string of the molecule is Cc1nc2ccc(Nc3nc(NC4CCCC[C@@H]4N)c(F)cc3C(N)=O)cc2nc1C. The molecule has 1 amide bonds. The van der Waals surface area contributed by atoms with Crippen molar-refractivity contribution in [2.45, 2.75) is 51.6 Å². The molecular formula is C22H26FN7O. The summed E-state index contributed by atoms with van der Waals surface area (Å²) in [4.78, 5) is 25.3. The van der Waals surface area contributed by atoms with Crippen molar-refractivity contribution >= 4 is 34.3 Å². The lowest BCUT2D eigenvalue weighted by Crippen LogP contribution is -2.43. The van der Waals surface area contributed by atoms with Crippen molar-refractivity contribution < 1.29 is 9.18 Å². The summed E-state index contributed by atoms with van der Waals surface area (Å²) in [5.41, 5.74) is 15.4. The maximum absolute atomic E-state index is 14.7. The molecule has 1 aliphatic rings. The van der Waals surface area contributed by atoms with E-state index in [9.17, 15) is 9.18 Å². The van der Waals surface area contributed by atoms with Gasteiger partial charge < -0.3 is 22.1 Å². The molecule has 2 heterocycles. The van der Waals surface area contributed by atoms with Gasteiger partial charge in [0.25, 0.3) is 5.91 Å². The third kappa shape index (κ3) is 4.41. The summed E-state index contributed by atoms with van der Waals surface area (Å²) in [6.45, 7) is 3.80. The molecule has 0 aliphatic heterocycles. The van der Waals surface area contributed by atoms with Gasteiger partial charge in [-0.3, -0.25) is 4.79 Å². The topological polar surface area (TPSA) is 132 Å². The number of halogens is 1. The van der Waals surface area contributed by atoms with Gasteiger partial charge in [0.15, 0.2) is 11.6 Å². The Hall–Kier alpha value is -3.33. The Morgan fingerprint density at radius 3 is 2.45 bits per heavy atom. The Morgan fingerprint density at radius 1 is 1.03 bits per heavy atom. The van der Waals surface area contributed by atoms with Crippen LogP contribution in [0, 0.1) is 19.7 Å². The number of aryl methyl sites for hydroxylation is 2. The normalized spacial score (nSPS) is 18.7. The minimum atomic E-state index is -0.776. The Balaban J connectivity index is 1.68. The van der Waals surface area contributed by atoms with Gasteiger partial charge in [0.1, 0.15) is 5.82 Å². The highest BCUT2D eigenvalue weighted by Gasteiger charge is 2.24. The summed E-state index contributed by atoms with van der Waals surface area (Å²) in [5.74, 6) is -1.21. The number of primary amides is 1. The first-order chi connectivity index (χ1) is 14.8. The van der Waals surface area contributed by atoms with E-state index >= 15 is 0 Å². The molecule has 9 heteroatoms. The number of pyridine rings is 1. The van der Waals surface area contributed by atoms with Crippen LogP contribution in [0.1, 0.15) is 47.4 Å². The molecule has 3 aromatic rings. The first-order valence-corrected chi connectivity index (χ1v) is 10.4. The molecule has 2 atom stereocenters. The number of nitrogens with zero attached hydrogens (tertiary/aromatic N) is 3. The Bertz CT molecular complexity index is 1150. The number of carbonyl (C=O) groups excluding carboxylic acids is 1. The van der Waals surface area contributed by atoms with Crippen LogP contribution in [0.4, 0.5) is 21.7 Å². The summed E-state index contributed by atoms with van der Waals surface area (Å²) in [7, 11) is 0. The second-order valence-electron chi connectivity index (χ2n) is 8.00. The van der Waals surface area contributed by atoms with E-state index in [2.05, 4.69) is 25.6 Å². The van der Waals surface area contributed by atoms with Crippen molar-refractivity contribution in [3.63, 3.8) is 0 Å². The maximum Gasteiger partial charge on any atom is 0.252 e. The van der Waals surface area contributed by atoms with Crippen LogP contribution < -0.4 is 22.1 Å². The predicted molar refractivity (Wildman–Crippen MR) is 119 cm³/mol. The second-order valence-corrected chi connectivity index (χ2v) is 8.00. The lowest BCUT2D eigenvalue weighted by Gasteiger charge is -2.30. The van der Waals surface area contributed by atoms with Crippen LogP contribution in [-0.2, 0) is 0 Å². The highest BCUT2D eigenvalue weighted by Crippen LogP contribution is 2.27. The average Bonchev–Trinajstić information content (AvgIpc) is 2.72. The number of nitrogens with one attached hydrogen (secondary N) is 2. The summed E-state index contributed by atoms with van der Waals surface area (Å²) in [5, 5.41) is 6.19. The van der Waals surface area contributed by atoms with Crippen molar-refractivity contribution in [3.8, 4) is 0 Å². The molecule has 162 valence electrons. The fraction of sp³-hybridized carbons (Fsp3) is 0.364. The number of amides is 1. The highest BCUT2D eigenvalue weighted by atomic mass is 19.1. The number of fused-ring (bicyclic) bond motifs is 1. The van der Waals surface area contributed by atoms with E-state index in [0.717, 1.165) is 48.7 Å². The molecule has 0 bridgehead atoms. The number of benzene rings is 1. The van der Waals surface area contributed by atoms with Crippen LogP contribution in [0.2, 0.25) is 0 Å². The van der Waals surface area contributed by atoms with Gasteiger partial charge in [-0.15, -0.1) is 0 Å². The van der Waals surface area contributed by atoms with Crippen molar-refractivity contribution in [3.05, 3.63) is 47.0 Å². The fourth-order valence-electron chi connectivity index (χ4n) is 3.83. The van der Waals surface area contributed by atoms with Gasteiger partial charge in [0.2, 0.25) is 0 Å². The van der Waals surface area contributed by atoms with Gasteiger partial charge in [-0.2, -0.15) is 0 Å². The van der Waals surface area contributed by atoms with Crippen LogP contribution >= 0.6 is 0 Å². The van der Waals surface area contributed by atoms with Gasteiger partial charge >= 0.3 is 0 Å². The Morgan fingerprint density at radius 2 is 1.74 bits per heavy atom. The number of anilines is 3. The number of hydrogen-bond acceptors (Lipinski definition) is 7. The highest BCUT2D eigenvalue weighted by molar-refractivity contribution is 5.98. The monoisotopic (exact) mass is 423 g/mol. The molecule has 1 aliphatic carbocycles. The first-order valence-electron chi connectivity index (χ1n) is 10.4. The van der Waals surface area contributed by atoms with Crippen LogP contribution in [0.15, 0.2) is 24.3 Å². The van der Waals surface area contributed by atoms with Crippen LogP contribution in [-0.4, -0.2) is 32.9 Å². The molecule has 0 radical (unpaired) electrons. The molecule has 8 nitrogen and oxygen atoms in total. The van der Waals surface area contributed by atoms with Crippen molar-refractivity contribution in [2.24, 2.45) is 11.5 Å². The Labute approximate surface area is 179 Å². The van der Waals surface area contributed by atoms with Crippen molar-refractivity contribution in [2.75, 3.05) is 10.6 Å². The lowest BCUT2D eigenvalue weighted by atomic mass is 9.91.